The van der Waals surface area contributed by atoms with Gasteiger partial charge in [-0.2, -0.15) is 0 Å². The van der Waals surface area contributed by atoms with Crippen LogP contribution in [0.3, 0.4) is 0 Å². The lowest BCUT2D eigenvalue weighted by molar-refractivity contribution is 0.295. The third-order valence-corrected chi connectivity index (χ3v) is 18.9. The Labute approximate surface area is 422 Å². The fourth-order valence-corrected chi connectivity index (χ4v) is 15.4. The molecule has 2 aliphatic heterocycles. The maximum atomic E-state index is 18.0. The van der Waals surface area contributed by atoms with Gasteiger partial charge in [0.05, 0.1) is 16.6 Å². The molecule has 13 rings (SSSR count). The zero-order valence-electron chi connectivity index (χ0n) is 38.6. The van der Waals surface area contributed by atoms with Crippen molar-refractivity contribution in [2.75, 3.05) is 6.61 Å². The average molecular weight is 1080 g/mol. The van der Waals surface area contributed by atoms with E-state index in [1.807, 2.05) is 60.7 Å². The van der Waals surface area contributed by atoms with E-state index in [4.69, 9.17) is 32.4 Å². The summed E-state index contributed by atoms with van der Waals surface area (Å²) in [4.78, 5) is 28.5. The molecule has 0 spiro atoms. The molecule has 0 bridgehead atoms. The van der Waals surface area contributed by atoms with Crippen molar-refractivity contribution in [3.8, 4) is 17.0 Å². The third-order valence-electron chi connectivity index (χ3n) is 14.8. The molecule has 0 N–H and O–H groups in total. The summed E-state index contributed by atoms with van der Waals surface area (Å²) in [5, 5.41) is 4.46. The van der Waals surface area contributed by atoms with Crippen molar-refractivity contribution in [3.63, 3.8) is 0 Å². The van der Waals surface area contributed by atoms with Crippen molar-refractivity contribution in [1.82, 2.24) is 12.1 Å². The number of hydrogen-bond acceptors (Lipinski definition) is 5. The Morgan fingerprint density at radius 3 is 2.10 bits per heavy atom. The Morgan fingerprint density at radius 1 is 0.714 bits per heavy atom. The van der Waals surface area contributed by atoms with E-state index < -0.39 is 39.1 Å². The fraction of sp³-hybridized carbons (Fsp3) is 0.211. The molecule has 350 valence electrons. The van der Waals surface area contributed by atoms with E-state index in [0.717, 1.165) is 90.7 Å². The molecule has 4 aliphatic rings. The van der Waals surface area contributed by atoms with Gasteiger partial charge in [-0.3, -0.25) is 14.2 Å². The maximum absolute atomic E-state index is 18.0. The summed E-state index contributed by atoms with van der Waals surface area (Å²) in [5.41, 5.74) is 10.0. The molecule has 0 radical (unpaired) electrons. The van der Waals surface area contributed by atoms with Crippen molar-refractivity contribution < 1.29 is 17.8 Å². The smallest absolute Gasteiger partial charge is 0.492 e. The van der Waals surface area contributed by atoms with Gasteiger partial charge >= 0.3 is 6.97 Å². The van der Waals surface area contributed by atoms with Crippen LogP contribution in [0.5, 0.6) is 5.75 Å². The minimum absolute atomic E-state index is 0.0471. The summed E-state index contributed by atoms with van der Waals surface area (Å²) >= 11 is 13.2. The Bertz CT molecular complexity index is 3940. The van der Waals surface area contributed by atoms with Crippen molar-refractivity contribution in [3.05, 3.63) is 196 Å². The van der Waals surface area contributed by atoms with Gasteiger partial charge in [0.1, 0.15) is 23.5 Å². The first kappa shape index (κ1) is 44.0. The topological polar surface area (TPSA) is 69.6 Å². The van der Waals surface area contributed by atoms with E-state index >= 15 is 8.63 Å². The summed E-state index contributed by atoms with van der Waals surface area (Å²) in [5.74, 6) is 0.318. The van der Waals surface area contributed by atoms with Gasteiger partial charge in [0.25, 0.3) is 11.1 Å². The van der Waals surface area contributed by atoms with Crippen LogP contribution in [0.4, 0.5) is 8.63 Å². The molecule has 3 aromatic heterocycles. The van der Waals surface area contributed by atoms with Crippen LogP contribution >= 0.6 is 44.2 Å². The SMILES string of the molecule is CC(C)(C)c1ccc2oc3ccc4c(=O)n(CCOc5cc(Cl)c(C6=C7C=C8CCCc9ccccc9C8=IN7[B-](F)(F)n7c6cc6c7-c7ccccc7CCC6)c(Cl)c5)c(=O)c5ccc(c2c1)c3c45. The quantitative estimate of drug-likeness (QED) is 0.0565. The second kappa shape index (κ2) is 16.0. The third kappa shape index (κ3) is 6.59. The molecule has 70 heavy (non-hydrogen) atoms. The molecule has 5 heterocycles. The molecular formula is C57H44BCl2F2IN3O4-. The van der Waals surface area contributed by atoms with Gasteiger partial charge in [-0.1, -0.05) is 105 Å². The van der Waals surface area contributed by atoms with Gasteiger partial charge in [-0.25, -0.2) is 0 Å². The average Bonchev–Trinajstić information content (AvgIpc) is 3.50. The normalized spacial score (nSPS) is 16.4. The second-order valence-electron chi connectivity index (χ2n) is 20.0. The zero-order valence-corrected chi connectivity index (χ0v) is 42.2. The molecule has 6 aromatic carbocycles. The maximum Gasteiger partial charge on any atom is 0.537 e. The van der Waals surface area contributed by atoms with Crippen molar-refractivity contribution >= 4 is 104 Å². The monoisotopic (exact) mass is 1080 g/mol. The number of halogens is 5. The fourth-order valence-electron chi connectivity index (χ4n) is 11.5. The highest BCUT2D eigenvalue weighted by molar-refractivity contribution is 14.2. The van der Waals surface area contributed by atoms with Crippen LogP contribution < -0.4 is 15.9 Å². The number of nitrogens with zero attached hydrogens (tertiary/aromatic N) is 3. The Hall–Kier alpha value is -6.02. The summed E-state index contributed by atoms with van der Waals surface area (Å²) in [6, 6.07) is 34.9. The summed E-state index contributed by atoms with van der Waals surface area (Å²) in [6.07, 6.45) is 6.84. The lowest BCUT2D eigenvalue weighted by atomic mass is 9.85. The van der Waals surface area contributed by atoms with Gasteiger partial charge in [0.15, 0.2) is 0 Å². The summed E-state index contributed by atoms with van der Waals surface area (Å²) in [7, 11) is 0. The number of allylic oxidation sites excluding steroid dienone is 2. The van der Waals surface area contributed by atoms with Gasteiger partial charge in [0.2, 0.25) is 0 Å². The van der Waals surface area contributed by atoms with Crippen LogP contribution in [0.25, 0.3) is 60.3 Å². The largest absolute Gasteiger partial charge is 0.537 e. The zero-order chi connectivity index (χ0) is 48.0. The predicted molar refractivity (Wildman–Crippen MR) is 290 cm³/mol. The predicted octanol–water partition coefficient (Wildman–Crippen LogP) is 14.2. The Balaban J connectivity index is 0.892. The standard InChI is InChI=1S/C57H44BCl2F2IN3O4/c1-57(2,3)35-18-22-47-42(28-35)39-19-20-40-49-41(21-23-48(70-47)50(39)49)56(68)64(55(40)67)24-25-69-36-29-43(59)51(44(60)30-36)52-45-27-34-15-9-13-32-11-5-7-17-38(32)54(34)65(45)58(61,62)66-46(52)26-33-14-8-12-31-10-4-6-16-37(31)53(33)63-66/h4-7,10-11,16-23,26-30H,8-9,12-15,24-25H2,1-3H3/q-1. The number of benzene rings is 6. The van der Waals surface area contributed by atoms with Gasteiger partial charge in [-0.15, -0.1) is 0 Å². The molecule has 7 nitrogen and oxygen atoms in total. The van der Waals surface area contributed by atoms with Crippen LogP contribution in [0, 0.1) is 0 Å². The molecule has 0 atom stereocenters. The van der Waals surface area contributed by atoms with E-state index in [1.54, 1.807) is 30.3 Å². The molecule has 9 aromatic rings. The molecule has 0 amide bonds. The highest BCUT2D eigenvalue weighted by Gasteiger charge is 2.47. The van der Waals surface area contributed by atoms with Gasteiger partial charge in [0, 0.05) is 58.7 Å². The van der Waals surface area contributed by atoms with Gasteiger partial charge in [-0.05, 0) is 164 Å². The van der Waals surface area contributed by atoms with Crippen LogP contribution in [0.1, 0.15) is 79.1 Å². The summed E-state index contributed by atoms with van der Waals surface area (Å²) in [6.45, 7) is 2.06. The minimum atomic E-state index is -4.32. The molecule has 0 saturated heterocycles. The van der Waals surface area contributed by atoms with E-state index in [-0.39, 0.29) is 28.6 Å². The number of pyridine rings is 1. The van der Waals surface area contributed by atoms with Crippen LogP contribution in [0.15, 0.2) is 141 Å². The Morgan fingerprint density at radius 2 is 1.36 bits per heavy atom. The van der Waals surface area contributed by atoms with E-state index in [2.05, 4.69) is 45.0 Å². The second-order valence-corrected chi connectivity index (χ2v) is 23.4. The number of aryl methyl sites for hydroxylation is 3. The molecule has 0 fully saturated rings. The lowest BCUT2D eigenvalue weighted by Crippen LogP contribution is -2.52. The first-order valence-corrected chi connectivity index (χ1v) is 26.7. The van der Waals surface area contributed by atoms with Gasteiger partial charge < -0.3 is 25.3 Å². The van der Waals surface area contributed by atoms with Crippen molar-refractivity contribution in [2.45, 2.75) is 71.3 Å². The van der Waals surface area contributed by atoms with E-state index in [0.29, 0.717) is 62.1 Å². The molecule has 0 saturated carbocycles. The first-order valence-electron chi connectivity index (χ1n) is 23.9. The van der Waals surface area contributed by atoms with E-state index in [1.165, 1.54) is 17.6 Å². The van der Waals surface area contributed by atoms with Crippen molar-refractivity contribution in [2.24, 2.45) is 0 Å². The lowest BCUT2D eigenvalue weighted by Gasteiger charge is -2.48. The van der Waals surface area contributed by atoms with Crippen molar-refractivity contribution in [1.29, 1.82) is 0 Å². The highest BCUT2D eigenvalue weighted by Crippen LogP contribution is 2.54. The molecular weight excluding hydrogens is 1040 g/mol. The first-order chi connectivity index (χ1) is 33.8. The molecule has 0 unspecified atom stereocenters. The van der Waals surface area contributed by atoms with Crippen LogP contribution in [-0.2, 0) is 31.2 Å². The highest BCUT2D eigenvalue weighted by atomic mass is 127. The Kier molecular flexibility index (Phi) is 10.0. The number of hydrogen-bond donors (Lipinski definition) is 0. The number of aromatic nitrogens is 2. The molecule has 2 aliphatic carbocycles. The minimum Gasteiger partial charge on any atom is -0.492 e. The molecule has 13 heteroatoms. The number of fused-ring (bicyclic) bond motifs is 11. The van der Waals surface area contributed by atoms with Crippen LogP contribution in [-0.4, -0.2) is 29.2 Å². The van der Waals surface area contributed by atoms with Crippen LogP contribution in [0.2, 0.25) is 10.0 Å². The number of ether oxygens (including phenoxy) is 1. The van der Waals surface area contributed by atoms with E-state index in [9.17, 15) is 9.59 Å². The number of rotatable bonds is 5. The summed E-state index contributed by atoms with van der Waals surface area (Å²) < 4.78 is 53.6.